The van der Waals surface area contributed by atoms with Crippen LogP contribution in [0.2, 0.25) is 0 Å². The Balaban J connectivity index is 3.32. The van der Waals surface area contributed by atoms with Crippen molar-refractivity contribution in [3.63, 3.8) is 0 Å². The molecule has 72 valence electrons. The van der Waals surface area contributed by atoms with E-state index in [2.05, 4.69) is 4.98 Å². The van der Waals surface area contributed by atoms with Gasteiger partial charge in [0.2, 0.25) is 5.43 Å². The number of aromatic amines is 1. The van der Waals surface area contributed by atoms with Crippen LogP contribution in [0.5, 0.6) is 0 Å². The van der Waals surface area contributed by atoms with Gasteiger partial charge in [0.25, 0.3) is 6.43 Å². The highest BCUT2D eigenvalue weighted by Gasteiger charge is 2.15. The number of nitrogens with one attached hydrogen (secondary N) is 1. The summed E-state index contributed by atoms with van der Waals surface area (Å²) in [6.45, 7) is 0. The van der Waals surface area contributed by atoms with E-state index in [0.717, 1.165) is 6.20 Å². The number of rotatable bonds is 2. The van der Waals surface area contributed by atoms with Gasteiger partial charge in [0.15, 0.2) is 0 Å². The first-order valence-corrected chi connectivity index (χ1v) is 3.95. The highest BCUT2D eigenvalue weighted by Crippen LogP contribution is 2.16. The molecule has 0 saturated heterocycles. The van der Waals surface area contributed by atoms with Crippen LogP contribution in [-0.2, 0) is 5.88 Å². The summed E-state index contributed by atoms with van der Waals surface area (Å²) in [6.07, 6.45) is -1.89. The Hall–Kier alpha value is -1.10. The second kappa shape index (κ2) is 3.74. The summed E-state index contributed by atoms with van der Waals surface area (Å²) in [5.74, 6) is -0.00933. The molecule has 1 heterocycles. The van der Waals surface area contributed by atoms with E-state index < -0.39 is 17.4 Å². The van der Waals surface area contributed by atoms with Crippen LogP contribution in [0.1, 0.15) is 17.7 Å². The fourth-order valence-electron chi connectivity index (χ4n) is 0.873. The third kappa shape index (κ3) is 1.80. The van der Waals surface area contributed by atoms with Crippen molar-refractivity contribution in [2.45, 2.75) is 12.3 Å². The van der Waals surface area contributed by atoms with Gasteiger partial charge >= 0.3 is 0 Å². The van der Waals surface area contributed by atoms with Crippen LogP contribution in [0.4, 0.5) is 14.5 Å². The second-order valence-corrected chi connectivity index (χ2v) is 2.67. The molecule has 0 saturated carbocycles. The summed E-state index contributed by atoms with van der Waals surface area (Å²) in [5.41, 5.74) is 3.80. The zero-order valence-corrected chi connectivity index (χ0v) is 7.24. The molecule has 0 aliphatic carbocycles. The fraction of sp³-hybridized carbons (Fsp3) is 0.286. The van der Waals surface area contributed by atoms with E-state index in [1.807, 2.05) is 0 Å². The van der Waals surface area contributed by atoms with Crippen LogP contribution in [0, 0.1) is 0 Å². The smallest absolute Gasteiger partial charge is 0.269 e. The molecule has 0 bridgehead atoms. The van der Waals surface area contributed by atoms with Crippen LogP contribution < -0.4 is 11.2 Å². The predicted octanol–water partition coefficient (Wildman–Crippen LogP) is 1.63. The molecule has 0 radical (unpaired) electrons. The van der Waals surface area contributed by atoms with Crippen molar-refractivity contribution in [2.75, 3.05) is 5.73 Å². The molecule has 0 amide bonds. The first-order valence-electron chi connectivity index (χ1n) is 3.42. The van der Waals surface area contributed by atoms with E-state index in [-0.39, 0.29) is 17.3 Å². The number of halogens is 3. The van der Waals surface area contributed by atoms with Gasteiger partial charge in [-0.15, -0.1) is 11.6 Å². The summed E-state index contributed by atoms with van der Waals surface area (Å²) >= 11 is 5.40. The van der Waals surface area contributed by atoms with Gasteiger partial charge in [0.05, 0.1) is 17.1 Å². The molecular formula is C7H7ClF2N2O. The quantitative estimate of drug-likeness (QED) is 0.726. The molecule has 0 spiro atoms. The monoisotopic (exact) mass is 208 g/mol. The van der Waals surface area contributed by atoms with E-state index in [1.54, 1.807) is 0 Å². The third-order valence-electron chi connectivity index (χ3n) is 1.60. The molecule has 0 unspecified atom stereocenters. The van der Waals surface area contributed by atoms with E-state index in [9.17, 15) is 13.6 Å². The molecule has 13 heavy (non-hydrogen) atoms. The lowest BCUT2D eigenvalue weighted by atomic mass is 10.2. The first kappa shape index (κ1) is 9.98. The number of nitrogens with two attached hydrogens (primary N) is 1. The summed E-state index contributed by atoms with van der Waals surface area (Å²) in [7, 11) is 0. The van der Waals surface area contributed by atoms with Gasteiger partial charge in [-0.25, -0.2) is 8.78 Å². The molecule has 0 fully saturated rings. The van der Waals surface area contributed by atoms with Crippen molar-refractivity contribution in [2.24, 2.45) is 0 Å². The maximum absolute atomic E-state index is 12.1. The minimum Gasteiger partial charge on any atom is -0.394 e. The van der Waals surface area contributed by atoms with Gasteiger partial charge in [-0.1, -0.05) is 0 Å². The predicted molar refractivity (Wildman–Crippen MR) is 46.0 cm³/mol. The molecule has 3 N–H and O–H groups in total. The largest absolute Gasteiger partial charge is 0.394 e. The number of alkyl halides is 3. The van der Waals surface area contributed by atoms with Gasteiger partial charge in [-0.3, -0.25) is 4.79 Å². The maximum atomic E-state index is 12.1. The molecule has 1 aromatic rings. The number of hydrogen-bond acceptors (Lipinski definition) is 2. The minimum atomic E-state index is -2.82. The van der Waals surface area contributed by atoms with Crippen molar-refractivity contribution < 1.29 is 8.78 Å². The fourth-order valence-corrected chi connectivity index (χ4v) is 1.09. The number of H-pyrrole nitrogens is 1. The number of nitrogen functional groups attached to an aromatic ring is 1. The Morgan fingerprint density at radius 3 is 2.69 bits per heavy atom. The Bertz CT molecular complexity index is 364. The van der Waals surface area contributed by atoms with Crippen LogP contribution in [-0.4, -0.2) is 4.98 Å². The van der Waals surface area contributed by atoms with E-state index in [0.29, 0.717) is 0 Å². The first-order chi connectivity index (χ1) is 6.07. The van der Waals surface area contributed by atoms with E-state index >= 15 is 0 Å². The molecule has 3 nitrogen and oxygen atoms in total. The topological polar surface area (TPSA) is 58.9 Å². The minimum absolute atomic E-state index is 0.00933. The van der Waals surface area contributed by atoms with Crippen LogP contribution in [0.15, 0.2) is 11.0 Å². The summed E-state index contributed by atoms with van der Waals surface area (Å²) in [6, 6.07) is 0. The maximum Gasteiger partial charge on any atom is 0.269 e. The molecule has 0 aliphatic heterocycles. The van der Waals surface area contributed by atoms with Crippen molar-refractivity contribution in [3.05, 3.63) is 27.7 Å². The SMILES string of the molecule is Nc1c(CCl)[nH]cc(C(F)F)c1=O. The average Bonchev–Trinajstić information content (AvgIpc) is 2.09. The third-order valence-corrected chi connectivity index (χ3v) is 1.87. The second-order valence-electron chi connectivity index (χ2n) is 2.40. The van der Waals surface area contributed by atoms with Gasteiger partial charge in [0.1, 0.15) is 5.69 Å². The van der Waals surface area contributed by atoms with Gasteiger partial charge in [-0.05, 0) is 0 Å². The highest BCUT2D eigenvalue weighted by molar-refractivity contribution is 6.17. The zero-order valence-electron chi connectivity index (χ0n) is 6.48. The molecule has 0 aromatic carbocycles. The molecule has 0 aliphatic rings. The molecule has 0 atom stereocenters. The highest BCUT2D eigenvalue weighted by atomic mass is 35.5. The van der Waals surface area contributed by atoms with E-state index in [1.165, 1.54) is 0 Å². The molecular weight excluding hydrogens is 202 g/mol. The summed E-state index contributed by atoms with van der Waals surface area (Å²) in [5, 5.41) is 0. The average molecular weight is 209 g/mol. The molecule has 1 aromatic heterocycles. The van der Waals surface area contributed by atoms with Gasteiger partial charge < -0.3 is 10.7 Å². The van der Waals surface area contributed by atoms with Crippen LogP contribution >= 0.6 is 11.6 Å². The number of hydrogen-bond donors (Lipinski definition) is 2. The van der Waals surface area contributed by atoms with Crippen molar-refractivity contribution in [3.8, 4) is 0 Å². The van der Waals surface area contributed by atoms with Crippen LogP contribution in [0.3, 0.4) is 0 Å². The lowest BCUT2D eigenvalue weighted by Crippen LogP contribution is -2.17. The summed E-state index contributed by atoms with van der Waals surface area (Å²) < 4.78 is 24.3. The standard InChI is InChI=1S/C7H7ClF2N2O/c8-1-4-5(11)6(13)3(2-12-4)7(9)10/h2,7H,1,11H2,(H,12,13). The number of anilines is 1. The Kier molecular flexibility index (Phi) is 2.87. The Labute approximate surface area is 77.5 Å². The van der Waals surface area contributed by atoms with Gasteiger partial charge in [0, 0.05) is 6.20 Å². The van der Waals surface area contributed by atoms with Gasteiger partial charge in [-0.2, -0.15) is 0 Å². The van der Waals surface area contributed by atoms with E-state index in [4.69, 9.17) is 17.3 Å². The number of pyridine rings is 1. The number of aromatic nitrogens is 1. The molecule has 6 heteroatoms. The van der Waals surface area contributed by atoms with Crippen molar-refractivity contribution in [1.29, 1.82) is 0 Å². The Morgan fingerprint density at radius 2 is 2.23 bits per heavy atom. The van der Waals surface area contributed by atoms with Crippen LogP contribution in [0.25, 0.3) is 0 Å². The lowest BCUT2D eigenvalue weighted by Gasteiger charge is -2.04. The summed E-state index contributed by atoms with van der Waals surface area (Å²) in [4.78, 5) is 13.5. The normalized spacial score (nSPS) is 10.8. The zero-order chi connectivity index (χ0) is 10.0. The Morgan fingerprint density at radius 1 is 1.62 bits per heavy atom. The van der Waals surface area contributed by atoms with Crippen molar-refractivity contribution >= 4 is 17.3 Å². The lowest BCUT2D eigenvalue weighted by molar-refractivity contribution is 0.150. The van der Waals surface area contributed by atoms with Crippen molar-refractivity contribution in [1.82, 2.24) is 4.98 Å². The molecule has 1 rings (SSSR count).